The molecule has 1 spiro atoms. The first-order valence-corrected chi connectivity index (χ1v) is 24.3. The van der Waals surface area contributed by atoms with E-state index in [9.17, 15) is 19.8 Å². The van der Waals surface area contributed by atoms with E-state index in [4.69, 9.17) is 23.7 Å². The molecular formula is C50H82O9. The van der Waals surface area contributed by atoms with E-state index in [-0.39, 0.29) is 23.9 Å². The van der Waals surface area contributed by atoms with Gasteiger partial charge in [-0.1, -0.05) is 162 Å². The molecule has 59 heavy (non-hydrogen) atoms. The van der Waals surface area contributed by atoms with E-state index in [1.165, 1.54) is 114 Å². The normalized spacial score (nSPS) is 23.3. The maximum atomic E-state index is 14.4. The van der Waals surface area contributed by atoms with Crippen molar-refractivity contribution in [2.75, 3.05) is 0 Å². The molecule has 0 unspecified atom stereocenters. The number of rotatable bonds is 31. The monoisotopic (exact) mass is 827 g/mol. The number of carbonyl (C=O) groups excluding carboxylic acids is 2. The third kappa shape index (κ3) is 15.7. The van der Waals surface area contributed by atoms with E-state index in [0.717, 1.165) is 77.0 Å². The molecule has 4 rings (SSSR count). The van der Waals surface area contributed by atoms with Crippen molar-refractivity contribution >= 4 is 18.0 Å². The van der Waals surface area contributed by atoms with Crippen LogP contribution in [0.15, 0.2) is 24.3 Å². The van der Waals surface area contributed by atoms with Crippen LogP contribution in [0.25, 0.3) is 6.08 Å². The van der Waals surface area contributed by atoms with Gasteiger partial charge in [-0.25, -0.2) is 9.59 Å². The molecule has 1 aliphatic carbocycles. The molecule has 4 atom stereocenters. The molecule has 1 aromatic rings. The summed E-state index contributed by atoms with van der Waals surface area (Å²) in [5, 5.41) is 19.8. The van der Waals surface area contributed by atoms with Gasteiger partial charge in [0.25, 0.3) is 0 Å². The minimum absolute atomic E-state index is 0.134. The second-order valence-corrected chi connectivity index (χ2v) is 18.1. The van der Waals surface area contributed by atoms with Gasteiger partial charge in [0.05, 0.1) is 6.10 Å². The van der Waals surface area contributed by atoms with Gasteiger partial charge in [-0.3, -0.25) is 0 Å². The van der Waals surface area contributed by atoms with Crippen LogP contribution >= 0.6 is 0 Å². The van der Waals surface area contributed by atoms with Crippen molar-refractivity contribution in [2.24, 2.45) is 0 Å². The number of carbonyl (C=O) groups is 2. The predicted molar refractivity (Wildman–Crippen MR) is 235 cm³/mol. The lowest BCUT2D eigenvalue weighted by atomic mass is 9.79. The van der Waals surface area contributed by atoms with E-state index in [1.54, 1.807) is 6.07 Å². The van der Waals surface area contributed by atoms with Crippen molar-refractivity contribution in [3.05, 3.63) is 29.8 Å². The van der Waals surface area contributed by atoms with Gasteiger partial charge in [0.15, 0.2) is 22.9 Å². The van der Waals surface area contributed by atoms with Gasteiger partial charge in [-0.2, -0.15) is 0 Å². The molecule has 3 fully saturated rings. The zero-order chi connectivity index (χ0) is 42.4. The van der Waals surface area contributed by atoms with Crippen LogP contribution in [-0.4, -0.2) is 57.6 Å². The Hall–Kier alpha value is -2.62. The Bertz CT molecular complexity index is 1360. The minimum Gasteiger partial charge on any atom is -0.504 e. The van der Waals surface area contributed by atoms with Crippen molar-refractivity contribution in [2.45, 2.75) is 256 Å². The summed E-state index contributed by atoms with van der Waals surface area (Å²) in [6.45, 7) is 8.92. The van der Waals surface area contributed by atoms with Crippen LogP contribution in [0.3, 0.4) is 0 Å². The van der Waals surface area contributed by atoms with E-state index in [2.05, 4.69) is 27.7 Å². The highest BCUT2D eigenvalue weighted by molar-refractivity contribution is 5.87. The van der Waals surface area contributed by atoms with Gasteiger partial charge in [0.2, 0.25) is 5.79 Å². The smallest absolute Gasteiger partial charge is 0.341 e. The summed E-state index contributed by atoms with van der Waals surface area (Å²) in [5.41, 5.74) is -0.785. The molecule has 0 amide bonds. The van der Waals surface area contributed by atoms with Crippen molar-refractivity contribution < 1.29 is 43.5 Å². The van der Waals surface area contributed by atoms with Crippen molar-refractivity contribution in [1.29, 1.82) is 0 Å². The van der Waals surface area contributed by atoms with Crippen LogP contribution in [0.5, 0.6) is 11.5 Å². The lowest BCUT2D eigenvalue weighted by Crippen LogP contribution is -2.56. The number of ether oxygens (including phenoxy) is 5. The third-order valence-electron chi connectivity index (χ3n) is 12.9. The van der Waals surface area contributed by atoms with Crippen molar-refractivity contribution in [3.63, 3.8) is 0 Å². The molecule has 9 heteroatoms. The number of hydrogen-bond acceptors (Lipinski definition) is 9. The molecular weight excluding hydrogens is 745 g/mol. The summed E-state index contributed by atoms with van der Waals surface area (Å²) in [7, 11) is 0. The SMILES string of the molecule is CCCCCCCCC1(CCCCCCCC)O[C@H]2[C@H](OC(=O)/C=C/c3ccc(O)c(O)c3)C[C@]3(C[C@H]2O1)OC(CCCCCCCC)(CCCCCCCC)OC3=O. The Kier molecular flexibility index (Phi) is 21.6. The highest BCUT2D eigenvalue weighted by atomic mass is 16.8. The van der Waals surface area contributed by atoms with E-state index < -0.39 is 41.5 Å². The number of unbranched alkanes of at least 4 members (excludes halogenated alkanes) is 20. The van der Waals surface area contributed by atoms with Crippen molar-refractivity contribution in [3.8, 4) is 11.5 Å². The Labute approximate surface area is 357 Å². The van der Waals surface area contributed by atoms with Gasteiger partial charge in [-0.15, -0.1) is 0 Å². The average molecular weight is 827 g/mol. The Balaban J connectivity index is 1.59. The quantitative estimate of drug-likeness (QED) is 0.0326. The second kappa shape index (κ2) is 26.0. The largest absolute Gasteiger partial charge is 0.504 e. The first-order chi connectivity index (χ1) is 28.6. The number of cyclic esters (lactones) is 1. The number of benzene rings is 1. The fourth-order valence-electron chi connectivity index (χ4n) is 9.44. The van der Waals surface area contributed by atoms with Crippen LogP contribution in [0.4, 0.5) is 0 Å². The van der Waals surface area contributed by atoms with Crippen LogP contribution in [0, 0.1) is 0 Å². The van der Waals surface area contributed by atoms with Crippen LogP contribution < -0.4 is 0 Å². The standard InChI is InChI=1S/C50H82O9/c1-5-9-13-17-21-25-33-49(34-26-22-18-14-10-6-2)56-44-39-48(38-43(46(44)57-49)55-45(53)32-30-40-29-31-41(51)42(52)37-40)47(54)58-50(59-48,35-27-23-19-15-11-7-3)36-28-24-20-16-12-8-4/h29-32,37,43-44,46,51-52H,5-28,33-36,38-39H2,1-4H3/b32-30+/t43-,44-,46+,48-/m1/s1. The van der Waals surface area contributed by atoms with Crippen LogP contribution in [-0.2, 0) is 33.3 Å². The number of esters is 2. The Morgan fingerprint density at radius 1 is 0.644 bits per heavy atom. The zero-order valence-corrected chi connectivity index (χ0v) is 37.6. The molecule has 2 heterocycles. The molecule has 1 aromatic carbocycles. The topological polar surface area (TPSA) is 121 Å². The lowest BCUT2D eigenvalue weighted by molar-refractivity contribution is -0.218. The maximum absolute atomic E-state index is 14.4. The van der Waals surface area contributed by atoms with Gasteiger partial charge in [-0.05, 0) is 49.5 Å². The second-order valence-electron chi connectivity index (χ2n) is 18.1. The highest BCUT2D eigenvalue weighted by Gasteiger charge is 2.66. The van der Waals surface area contributed by atoms with E-state index in [0.29, 0.717) is 24.8 Å². The molecule has 3 aliphatic rings. The zero-order valence-electron chi connectivity index (χ0n) is 37.6. The van der Waals surface area contributed by atoms with Crippen LogP contribution in [0.2, 0.25) is 0 Å². The molecule has 0 radical (unpaired) electrons. The molecule has 0 aromatic heterocycles. The molecule has 2 aliphatic heterocycles. The van der Waals surface area contributed by atoms with E-state index >= 15 is 0 Å². The summed E-state index contributed by atoms with van der Waals surface area (Å²) < 4.78 is 33.9. The summed E-state index contributed by atoms with van der Waals surface area (Å²) in [5.74, 6) is -3.32. The van der Waals surface area contributed by atoms with Gasteiger partial charge in [0, 0.05) is 44.6 Å². The summed E-state index contributed by atoms with van der Waals surface area (Å²) in [6, 6.07) is 4.36. The molecule has 1 saturated carbocycles. The fraction of sp³-hybridized carbons (Fsp3) is 0.800. The first kappa shape index (κ1) is 49.0. The Morgan fingerprint density at radius 2 is 1.12 bits per heavy atom. The average Bonchev–Trinajstić information content (AvgIpc) is 3.71. The van der Waals surface area contributed by atoms with Crippen LogP contribution in [0.1, 0.15) is 226 Å². The molecule has 2 saturated heterocycles. The summed E-state index contributed by atoms with van der Waals surface area (Å²) >= 11 is 0. The number of hydrogen-bond donors (Lipinski definition) is 2. The van der Waals surface area contributed by atoms with E-state index in [1.807, 2.05) is 0 Å². The highest BCUT2D eigenvalue weighted by Crippen LogP contribution is 2.52. The maximum Gasteiger partial charge on any atom is 0.341 e. The summed E-state index contributed by atoms with van der Waals surface area (Å²) in [4.78, 5) is 28.0. The minimum atomic E-state index is -1.32. The predicted octanol–water partition coefficient (Wildman–Crippen LogP) is 13.3. The van der Waals surface area contributed by atoms with Gasteiger partial charge >= 0.3 is 11.9 Å². The molecule has 0 bridgehead atoms. The lowest BCUT2D eigenvalue weighted by Gasteiger charge is -2.40. The number of aromatic hydroxyl groups is 2. The number of fused-ring (bicyclic) bond motifs is 1. The number of phenols is 2. The fourth-order valence-corrected chi connectivity index (χ4v) is 9.44. The summed E-state index contributed by atoms with van der Waals surface area (Å²) in [6.07, 6.45) is 31.7. The Morgan fingerprint density at radius 3 is 1.61 bits per heavy atom. The first-order valence-electron chi connectivity index (χ1n) is 24.3. The molecule has 2 N–H and O–H groups in total. The molecule has 336 valence electrons. The third-order valence-corrected chi connectivity index (χ3v) is 12.9. The number of phenolic OH excluding ortho intramolecular Hbond substituents is 2. The molecule has 9 nitrogen and oxygen atoms in total. The van der Waals surface area contributed by atoms with Gasteiger partial charge < -0.3 is 33.9 Å². The van der Waals surface area contributed by atoms with Gasteiger partial charge in [0.1, 0.15) is 12.2 Å². The van der Waals surface area contributed by atoms with Crippen molar-refractivity contribution in [1.82, 2.24) is 0 Å².